The van der Waals surface area contributed by atoms with Crippen LogP contribution < -0.4 is 0 Å². The van der Waals surface area contributed by atoms with Crippen LogP contribution in [0.25, 0.3) is 0 Å². The monoisotopic (exact) mass is 298 g/mol. The molecule has 0 saturated heterocycles. The summed E-state index contributed by atoms with van der Waals surface area (Å²) in [5, 5.41) is 9.31. The van der Waals surface area contributed by atoms with E-state index in [1.807, 2.05) is 0 Å². The first kappa shape index (κ1) is 21.0. The molecule has 1 atom stereocenters. The van der Waals surface area contributed by atoms with E-state index in [0.717, 1.165) is 6.42 Å². The third kappa shape index (κ3) is 10.3. The lowest BCUT2D eigenvalue weighted by molar-refractivity contribution is 0.0784. The van der Waals surface area contributed by atoms with Crippen LogP contribution in [-0.4, -0.2) is 11.7 Å². The summed E-state index contributed by atoms with van der Waals surface area (Å²) in [5.74, 6) is 0.401. The molecule has 128 valence electrons. The SMILES string of the molecule is CC(CO)CC(C)(C)CC(C)(C)CC(C)(C)CC(C)(C)C. The van der Waals surface area contributed by atoms with E-state index >= 15 is 0 Å². The van der Waals surface area contributed by atoms with Crippen molar-refractivity contribution >= 4 is 0 Å². The normalized spacial score (nSPS) is 16.1. The molecule has 0 heterocycles. The van der Waals surface area contributed by atoms with E-state index in [2.05, 4.69) is 69.2 Å². The molecule has 0 spiro atoms. The summed E-state index contributed by atoms with van der Waals surface area (Å²) in [5.41, 5.74) is 1.40. The van der Waals surface area contributed by atoms with Gasteiger partial charge < -0.3 is 5.11 Å². The van der Waals surface area contributed by atoms with Gasteiger partial charge in [0, 0.05) is 6.61 Å². The summed E-state index contributed by atoms with van der Waals surface area (Å²) < 4.78 is 0. The quantitative estimate of drug-likeness (QED) is 0.557. The minimum atomic E-state index is 0.295. The molecule has 0 rings (SSSR count). The Hall–Kier alpha value is -0.0400. The molecule has 0 aliphatic rings. The molecule has 0 amide bonds. The van der Waals surface area contributed by atoms with E-state index in [-0.39, 0.29) is 0 Å². The van der Waals surface area contributed by atoms with Gasteiger partial charge in [-0.25, -0.2) is 0 Å². The molecule has 0 saturated carbocycles. The molecule has 0 aliphatic carbocycles. The maximum atomic E-state index is 9.31. The van der Waals surface area contributed by atoms with Crippen molar-refractivity contribution in [3.63, 3.8) is 0 Å². The van der Waals surface area contributed by atoms with Crippen LogP contribution in [-0.2, 0) is 0 Å². The number of aliphatic hydroxyl groups is 1. The minimum Gasteiger partial charge on any atom is -0.396 e. The van der Waals surface area contributed by atoms with Gasteiger partial charge in [-0.05, 0) is 53.3 Å². The van der Waals surface area contributed by atoms with Crippen molar-refractivity contribution in [2.75, 3.05) is 6.61 Å². The molecule has 1 heteroatoms. The van der Waals surface area contributed by atoms with Crippen molar-refractivity contribution in [3.05, 3.63) is 0 Å². The van der Waals surface area contributed by atoms with Crippen molar-refractivity contribution in [3.8, 4) is 0 Å². The van der Waals surface area contributed by atoms with Crippen molar-refractivity contribution in [1.82, 2.24) is 0 Å². The Bertz CT molecular complexity index is 304. The summed E-state index contributed by atoms with van der Waals surface area (Å²) >= 11 is 0. The smallest absolute Gasteiger partial charge is 0.0456 e. The van der Waals surface area contributed by atoms with E-state index < -0.39 is 0 Å². The van der Waals surface area contributed by atoms with Crippen LogP contribution in [0.1, 0.15) is 94.9 Å². The first-order valence-corrected chi connectivity index (χ1v) is 8.68. The van der Waals surface area contributed by atoms with Gasteiger partial charge >= 0.3 is 0 Å². The Balaban J connectivity index is 4.75. The molecule has 0 aromatic heterocycles. The Labute approximate surface area is 134 Å². The van der Waals surface area contributed by atoms with Crippen LogP contribution in [0.4, 0.5) is 0 Å². The minimum absolute atomic E-state index is 0.295. The van der Waals surface area contributed by atoms with Gasteiger partial charge in [0.1, 0.15) is 0 Å². The average molecular weight is 299 g/mol. The molecule has 0 radical (unpaired) electrons. The summed E-state index contributed by atoms with van der Waals surface area (Å²) in [6.45, 7) is 23.9. The number of rotatable bonds is 8. The molecule has 1 unspecified atom stereocenters. The fourth-order valence-corrected chi connectivity index (χ4v) is 5.23. The zero-order chi connectivity index (χ0) is 17.1. The standard InChI is InChI=1S/C20H42O/c1-16(12-21)11-18(5,6)14-20(9,10)15-19(7,8)13-17(2,3)4/h16,21H,11-15H2,1-10H3. The van der Waals surface area contributed by atoms with Gasteiger partial charge in [-0.3, -0.25) is 0 Å². The van der Waals surface area contributed by atoms with E-state index in [4.69, 9.17) is 0 Å². The third-order valence-corrected chi connectivity index (χ3v) is 4.14. The molecule has 0 aromatic rings. The fourth-order valence-electron chi connectivity index (χ4n) is 5.23. The predicted molar refractivity (Wildman–Crippen MR) is 95.5 cm³/mol. The molecule has 1 N–H and O–H groups in total. The van der Waals surface area contributed by atoms with E-state index in [1.165, 1.54) is 19.3 Å². The molecule has 1 nitrogen and oxygen atoms in total. The van der Waals surface area contributed by atoms with Crippen molar-refractivity contribution < 1.29 is 5.11 Å². The Morgan fingerprint density at radius 3 is 1.43 bits per heavy atom. The highest BCUT2D eigenvalue weighted by molar-refractivity contribution is 4.87. The van der Waals surface area contributed by atoms with Crippen LogP contribution in [0.3, 0.4) is 0 Å². The maximum Gasteiger partial charge on any atom is 0.0456 e. The van der Waals surface area contributed by atoms with Gasteiger partial charge in [0.2, 0.25) is 0 Å². The first-order chi connectivity index (χ1) is 9.08. The summed E-state index contributed by atoms with van der Waals surface area (Å²) in [6, 6.07) is 0. The lowest BCUT2D eigenvalue weighted by atomic mass is 9.63. The van der Waals surface area contributed by atoms with Crippen LogP contribution >= 0.6 is 0 Å². The van der Waals surface area contributed by atoms with Crippen molar-refractivity contribution in [2.45, 2.75) is 94.9 Å². The highest BCUT2D eigenvalue weighted by atomic mass is 16.3. The van der Waals surface area contributed by atoms with E-state index in [1.54, 1.807) is 0 Å². The zero-order valence-corrected chi connectivity index (χ0v) is 16.6. The molecular formula is C20H42O. The second-order valence-corrected chi connectivity index (χ2v) is 11.1. The third-order valence-electron chi connectivity index (χ3n) is 4.14. The Morgan fingerprint density at radius 2 is 1.05 bits per heavy atom. The van der Waals surface area contributed by atoms with Crippen LogP contribution in [0, 0.1) is 27.6 Å². The van der Waals surface area contributed by atoms with Gasteiger partial charge in [-0.1, -0.05) is 69.2 Å². The van der Waals surface area contributed by atoms with Crippen molar-refractivity contribution in [1.29, 1.82) is 0 Å². The number of aliphatic hydroxyl groups excluding tert-OH is 1. The topological polar surface area (TPSA) is 20.2 Å². The van der Waals surface area contributed by atoms with Gasteiger partial charge in [-0.15, -0.1) is 0 Å². The Morgan fingerprint density at radius 1 is 0.667 bits per heavy atom. The first-order valence-electron chi connectivity index (χ1n) is 8.68. The largest absolute Gasteiger partial charge is 0.396 e. The molecule has 0 aromatic carbocycles. The van der Waals surface area contributed by atoms with Gasteiger partial charge in [-0.2, -0.15) is 0 Å². The van der Waals surface area contributed by atoms with Crippen molar-refractivity contribution in [2.24, 2.45) is 27.6 Å². The van der Waals surface area contributed by atoms with Gasteiger partial charge in [0.05, 0.1) is 0 Å². The van der Waals surface area contributed by atoms with E-state index in [9.17, 15) is 5.11 Å². The maximum absolute atomic E-state index is 9.31. The number of hydrogen-bond acceptors (Lipinski definition) is 1. The average Bonchev–Trinajstić information content (AvgIpc) is 2.07. The molecule has 0 fully saturated rings. The summed E-state index contributed by atoms with van der Waals surface area (Å²) in [7, 11) is 0. The van der Waals surface area contributed by atoms with Crippen LogP contribution in [0.5, 0.6) is 0 Å². The molecule has 21 heavy (non-hydrogen) atoms. The molecule has 0 aliphatic heterocycles. The van der Waals surface area contributed by atoms with Crippen LogP contribution in [0.2, 0.25) is 0 Å². The van der Waals surface area contributed by atoms with Gasteiger partial charge in [0.25, 0.3) is 0 Å². The predicted octanol–water partition coefficient (Wildman–Crippen LogP) is 6.30. The van der Waals surface area contributed by atoms with Crippen LogP contribution in [0.15, 0.2) is 0 Å². The molecule has 0 bridgehead atoms. The zero-order valence-electron chi connectivity index (χ0n) is 16.6. The summed E-state index contributed by atoms with van der Waals surface area (Å²) in [6.07, 6.45) is 4.84. The Kier molecular flexibility index (Phi) is 7.01. The highest BCUT2D eigenvalue weighted by Crippen LogP contribution is 2.47. The molecular weight excluding hydrogens is 256 g/mol. The second kappa shape index (κ2) is 7.02. The van der Waals surface area contributed by atoms with Gasteiger partial charge in [0.15, 0.2) is 0 Å². The fraction of sp³-hybridized carbons (Fsp3) is 1.00. The lowest BCUT2D eigenvalue weighted by Crippen LogP contribution is -2.31. The van der Waals surface area contributed by atoms with E-state index in [0.29, 0.717) is 34.2 Å². The highest BCUT2D eigenvalue weighted by Gasteiger charge is 2.36. The lowest BCUT2D eigenvalue weighted by Gasteiger charge is -2.42. The second-order valence-electron chi connectivity index (χ2n) is 11.1. The summed E-state index contributed by atoms with van der Waals surface area (Å²) in [4.78, 5) is 0. The number of hydrogen-bond donors (Lipinski definition) is 1.